The number of ether oxygens (including phenoxy) is 1. The normalized spacial score (nSPS) is 12.6. The summed E-state index contributed by atoms with van der Waals surface area (Å²) in [6.45, 7) is 4.80. The number of pyridine rings is 1. The number of hydrogen-bond donors (Lipinski definition) is 3. The quantitative estimate of drug-likeness (QED) is 0.231. The van der Waals surface area contributed by atoms with Crippen LogP contribution in [0, 0.1) is 5.92 Å². The van der Waals surface area contributed by atoms with Gasteiger partial charge in [-0.2, -0.15) is 0 Å². The number of aliphatic carboxylic acids is 1. The molecule has 2 aromatic carbocycles. The van der Waals surface area contributed by atoms with Gasteiger partial charge in [0.2, 0.25) is 5.88 Å². The minimum atomic E-state index is -0.949. The van der Waals surface area contributed by atoms with Gasteiger partial charge in [-0.15, -0.1) is 0 Å². The number of carbonyl (C=O) groups excluding carboxylic acids is 1. The predicted molar refractivity (Wildman–Crippen MR) is 143 cm³/mol. The van der Waals surface area contributed by atoms with Crippen LogP contribution in [-0.2, 0) is 4.79 Å². The van der Waals surface area contributed by atoms with Crippen molar-refractivity contribution in [2.24, 2.45) is 5.92 Å². The summed E-state index contributed by atoms with van der Waals surface area (Å²) in [6, 6.07) is 20.8. The highest BCUT2D eigenvalue weighted by atomic mass is 16.5. The van der Waals surface area contributed by atoms with E-state index in [1.807, 2.05) is 54.6 Å². The lowest BCUT2D eigenvalue weighted by Crippen LogP contribution is -2.33. The molecule has 3 N–H and O–H groups in total. The van der Waals surface area contributed by atoms with E-state index in [2.05, 4.69) is 29.5 Å². The molecule has 0 aliphatic rings. The van der Waals surface area contributed by atoms with Crippen molar-refractivity contribution in [2.75, 3.05) is 18.5 Å². The summed E-state index contributed by atoms with van der Waals surface area (Å²) in [5, 5.41) is 15.9. The molecule has 0 aliphatic carbocycles. The molecule has 0 radical (unpaired) electrons. The number of para-hydroxylation sites is 1. The molecule has 4 aromatic rings. The first-order valence-corrected chi connectivity index (χ1v) is 12.4. The van der Waals surface area contributed by atoms with Crippen molar-refractivity contribution in [1.29, 1.82) is 0 Å². The number of aromatic nitrogens is 1. The molecule has 2 heterocycles. The zero-order chi connectivity index (χ0) is 26.2. The van der Waals surface area contributed by atoms with Crippen molar-refractivity contribution in [3.63, 3.8) is 0 Å². The largest absolute Gasteiger partial charge is 0.481 e. The molecule has 4 rings (SSSR count). The molecule has 0 saturated heterocycles. The molecule has 1 amide bonds. The predicted octanol–water partition coefficient (Wildman–Crippen LogP) is 5.60. The zero-order valence-electron chi connectivity index (χ0n) is 20.9. The van der Waals surface area contributed by atoms with E-state index in [4.69, 9.17) is 14.3 Å². The molecule has 37 heavy (non-hydrogen) atoms. The van der Waals surface area contributed by atoms with Crippen LogP contribution < -0.4 is 15.4 Å². The second-order valence-electron chi connectivity index (χ2n) is 8.96. The van der Waals surface area contributed by atoms with Crippen LogP contribution in [0.4, 0.5) is 5.69 Å². The Bertz CT molecular complexity index is 1300. The average Bonchev–Trinajstić information content (AvgIpc) is 3.35. The summed E-state index contributed by atoms with van der Waals surface area (Å²) in [4.78, 5) is 27.3. The molecule has 2 atom stereocenters. The lowest BCUT2D eigenvalue weighted by molar-refractivity contribution is -0.136. The summed E-state index contributed by atoms with van der Waals surface area (Å²) in [5.41, 5.74) is 3.06. The summed E-state index contributed by atoms with van der Waals surface area (Å²) in [7, 11) is 0. The number of fused-ring (bicyclic) bond motifs is 1. The Hall–Kier alpha value is -4.33. The average molecular weight is 502 g/mol. The van der Waals surface area contributed by atoms with Crippen LogP contribution in [-0.4, -0.2) is 41.2 Å². The summed E-state index contributed by atoms with van der Waals surface area (Å²) in [6.07, 6.45) is 2.60. The number of carbonyl (C=O) groups is 2. The number of carboxylic acid groups (broad SMARTS) is 1. The molecule has 192 valence electrons. The van der Waals surface area contributed by atoms with E-state index in [1.54, 1.807) is 18.3 Å². The van der Waals surface area contributed by atoms with Crippen molar-refractivity contribution in [3.8, 4) is 17.2 Å². The third-order valence-corrected chi connectivity index (χ3v) is 6.31. The zero-order valence-corrected chi connectivity index (χ0v) is 20.9. The smallest absolute Gasteiger partial charge is 0.305 e. The van der Waals surface area contributed by atoms with Crippen molar-refractivity contribution in [3.05, 3.63) is 78.5 Å². The minimum Gasteiger partial charge on any atom is -0.481 e. The van der Waals surface area contributed by atoms with E-state index < -0.39 is 5.97 Å². The highest BCUT2D eigenvalue weighted by molar-refractivity contribution is 5.94. The van der Waals surface area contributed by atoms with Gasteiger partial charge in [0.15, 0.2) is 0 Å². The molecule has 8 nitrogen and oxygen atoms in total. The van der Waals surface area contributed by atoms with Crippen molar-refractivity contribution >= 4 is 28.5 Å². The highest BCUT2D eigenvalue weighted by Crippen LogP contribution is 2.28. The van der Waals surface area contributed by atoms with Crippen LogP contribution in [0.3, 0.4) is 0 Å². The van der Waals surface area contributed by atoms with Crippen LogP contribution in [0.25, 0.3) is 22.3 Å². The Labute approximate surface area is 215 Å². The number of carboxylic acids is 1. The van der Waals surface area contributed by atoms with E-state index in [0.29, 0.717) is 24.0 Å². The maximum atomic E-state index is 12.2. The monoisotopic (exact) mass is 501 g/mol. The lowest BCUT2D eigenvalue weighted by Gasteiger charge is -2.25. The van der Waals surface area contributed by atoms with Gasteiger partial charge in [-0.3, -0.25) is 9.59 Å². The number of amides is 1. The van der Waals surface area contributed by atoms with Gasteiger partial charge in [0.25, 0.3) is 5.91 Å². The van der Waals surface area contributed by atoms with E-state index >= 15 is 0 Å². The van der Waals surface area contributed by atoms with E-state index in [-0.39, 0.29) is 24.9 Å². The maximum absolute atomic E-state index is 12.2. The standard InChI is InChI=1S/C29H31N3O5/c1-3-19(2)24(32-23-11-8-20(9-12-23)29(35)30-15-14-28(33)34)18-36-27-13-10-22(17-31-27)26-16-21-6-4-5-7-25(21)37-26/h4-13,16-17,19,24,32H,3,14-15,18H2,1-2H3,(H,30,35)(H,33,34). The van der Waals surface area contributed by atoms with E-state index in [9.17, 15) is 9.59 Å². The summed E-state index contributed by atoms with van der Waals surface area (Å²) in [5.74, 6) is 0.373. The third kappa shape index (κ3) is 6.88. The molecule has 0 aliphatic heterocycles. The van der Waals surface area contributed by atoms with Crippen LogP contribution in [0.2, 0.25) is 0 Å². The number of nitrogens with one attached hydrogen (secondary N) is 2. The van der Waals surface area contributed by atoms with Crippen molar-refractivity contribution in [1.82, 2.24) is 10.3 Å². The van der Waals surface area contributed by atoms with Crippen molar-refractivity contribution in [2.45, 2.75) is 32.7 Å². The van der Waals surface area contributed by atoms with Crippen LogP contribution in [0.15, 0.2) is 77.3 Å². The van der Waals surface area contributed by atoms with Gasteiger partial charge in [0.05, 0.1) is 12.5 Å². The van der Waals surface area contributed by atoms with E-state index in [1.165, 1.54) is 0 Å². The second kappa shape index (κ2) is 12.1. The molecule has 2 unspecified atom stereocenters. The molecule has 0 spiro atoms. The Morgan fingerprint density at radius 3 is 2.54 bits per heavy atom. The fourth-order valence-corrected chi connectivity index (χ4v) is 3.86. The Morgan fingerprint density at radius 1 is 1.08 bits per heavy atom. The van der Waals surface area contributed by atoms with Crippen LogP contribution in [0.5, 0.6) is 5.88 Å². The van der Waals surface area contributed by atoms with Crippen LogP contribution in [0.1, 0.15) is 37.0 Å². The van der Waals surface area contributed by atoms with Gasteiger partial charge in [-0.1, -0.05) is 38.5 Å². The fraction of sp³-hybridized carbons (Fsp3) is 0.276. The van der Waals surface area contributed by atoms with Crippen LogP contribution >= 0.6 is 0 Å². The second-order valence-corrected chi connectivity index (χ2v) is 8.96. The molecular weight excluding hydrogens is 470 g/mol. The lowest BCUT2D eigenvalue weighted by atomic mass is 9.99. The first-order chi connectivity index (χ1) is 17.9. The fourth-order valence-electron chi connectivity index (χ4n) is 3.86. The minimum absolute atomic E-state index is 0.0251. The third-order valence-electron chi connectivity index (χ3n) is 6.31. The Balaban J connectivity index is 1.35. The number of anilines is 1. The molecule has 8 heteroatoms. The number of rotatable bonds is 12. The molecule has 2 aromatic heterocycles. The highest BCUT2D eigenvalue weighted by Gasteiger charge is 2.18. The number of benzene rings is 2. The number of nitrogens with zero attached hydrogens (tertiary/aromatic N) is 1. The summed E-state index contributed by atoms with van der Waals surface area (Å²) < 4.78 is 11.9. The maximum Gasteiger partial charge on any atom is 0.305 e. The van der Waals surface area contributed by atoms with Gasteiger partial charge < -0.3 is 24.9 Å². The van der Waals surface area contributed by atoms with E-state index in [0.717, 1.165) is 34.4 Å². The SMILES string of the molecule is CCC(C)C(COc1ccc(-c2cc3ccccc3o2)cn1)Nc1ccc(C(=O)NCCC(=O)O)cc1. The topological polar surface area (TPSA) is 114 Å². The van der Waals surface area contributed by atoms with Gasteiger partial charge in [0, 0.05) is 41.0 Å². The molecular formula is C29H31N3O5. The molecule has 0 saturated carbocycles. The number of hydrogen-bond acceptors (Lipinski definition) is 6. The van der Waals surface area contributed by atoms with Crippen molar-refractivity contribution < 1.29 is 23.8 Å². The molecule has 0 bridgehead atoms. The Morgan fingerprint density at radius 2 is 1.86 bits per heavy atom. The summed E-state index contributed by atoms with van der Waals surface area (Å²) >= 11 is 0. The Kier molecular flexibility index (Phi) is 8.40. The van der Waals surface area contributed by atoms with Gasteiger partial charge in [-0.25, -0.2) is 4.98 Å². The van der Waals surface area contributed by atoms with Gasteiger partial charge in [-0.05, 0) is 48.4 Å². The first kappa shape index (κ1) is 25.8. The molecule has 0 fully saturated rings. The first-order valence-electron chi connectivity index (χ1n) is 12.4. The van der Waals surface area contributed by atoms with Gasteiger partial charge in [0.1, 0.15) is 18.0 Å². The van der Waals surface area contributed by atoms with Gasteiger partial charge >= 0.3 is 5.97 Å². The number of furan rings is 1.